The smallest absolute Gasteiger partial charge is 0.451 e. The molecule has 7 heteroatoms. The second-order valence-corrected chi connectivity index (χ2v) is 2.53. The van der Waals surface area contributed by atoms with E-state index < -0.39 is 18.0 Å². The predicted octanol–water partition coefficient (Wildman–Crippen LogP) is 1.02. The average molecular weight is 230 g/mol. The molecule has 0 saturated heterocycles. The molecule has 4 nitrogen and oxygen atoms in total. The van der Waals surface area contributed by atoms with E-state index in [1.165, 1.54) is 0 Å². The van der Waals surface area contributed by atoms with E-state index in [9.17, 15) is 18.0 Å². The van der Waals surface area contributed by atoms with Gasteiger partial charge in [0.15, 0.2) is 0 Å². The number of methoxy groups -OCH3 is 1. The minimum absolute atomic E-state index is 0.0957. The average Bonchev–Trinajstić information content (AvgIpc) is 2.25. The highest BCUT2D eigenvalue weighted by atomic mass is 19.4. The van der Waals surface area contributed by atoms with Crippen molar-refractivity contribution >= 4 is 5.97 Å². The lowest BCUT2D eigenvalue weighted by molar-refractivity contribution is -0.145. The van der Waals surface area contributed by atoms with Crippen LogP contribution in [0.2, 0.25) is 0 Å². The van der Waals surface area contributed by atoms with E-state index in [1.807, 2.05) is 5.92 Å². The largest absolute Gasteiger partial charge is 0.459 e. The highest BCUT2D eigenvalue weighted by Crippen LogP contribution is 2.25. The van der Waals surface area contributed by atoms with Gasteiger partial charge in [-0.1, -0.05) is 5.92 Å². The summed E-state index contributed by atoms with van der Waals surface area (Å²) < 4.78 is 40.4. The molecular formula is C9H5F3N2O2. The first-order valence-electron chi connectivity index (χ1n) is 3.92. The van der Waals surface area contributed by atoms with Crippen LogP contribution in [0.25, 0.3) is 0 Å². The number of hydrogen-bond acceptors (Lipinski definition) is 4. The first-order chi connectivity index (χ1) is 7.43. The number of nitrogens with zero attached hydrogens (tertiary/aromatic N) is 2. The molecule has 0 fully saturated rings. The quantitative estimate of drug-likeness (QED) is 0.493. The van der Waals surface area contributed by atoms with Gasteiger partial charge in [0.05, 0.1) is 12.7 Å². The van der Waals surface area contributed by atoms with Crippen molar-refractivity contribution in [3.05, 3.63) is 23.8 Å². The van der Waals surface area contributed by atoms with Crippen molar-refractivity contribution in [2.45, 2.75) is 6.18 Å². The van der Waals surface area contributed by atoms with Crippen molar-refractivity contribution in [3.63, 3.8) is 0 Å². The van der Waals surface area contributed by atoms with E-state index in [-0.39, 0.29) is 5.56 Å². The summed E-state index contributed by atoms with van der Waals surface area (Å²) in [5, 5.41) is 0. The van der Waals surface area contributed by atoms with Crippen LogP contribution in [0.1, 0.15) is 11.4 Å². The van der Waals surface area contributed by atoms with Crippen molar-refractivity contribution in [1.82, 2.24) is 9.97 Å². The molecule has 1 aromatic heterocycles. The highest BCUT2D eigenvalue weighted by Gasteiger charge is 2.34. The van der Waals surface area contributed by atoms with Crippen LogP contribution in [0, 0.1) is 11.8 Å². The Morgan fingerprint density at radius 2 is 1.94 bits per heavy atom. The molecule has 0 aliphatic rings. The van der Waals surface area contributed by atoms with Gasteiger partial charge in [-0.05, 0) is 0 Å². The maximum Gasteiger partial charge on any atom is 0.451 e. The third-order valence-corrected chi connectivity index (χ3v) is 1.40. The normalized spacial score (nSPS) is 10.2. The fraction of sp³-hybridized carbons (Fsp3) is 0.222. The summed E-state index contributed by atoms with van der Waals surface area (Å²) in [5.74, 6) is 2.25. The Morgan fingerprint density at radius 3 is 2.38 bits per heavy atom. The molecule has 0 aliphatic heterocycles. The topological polar surface area (TPSA) is 52.1 Å². The van der Waals surface area contributed by atoms with Crippen molar-refractivity contribution < 1.29 is 22.7 Å². The number of halogens is 3. The number of rotatable bonds is 0. The lowest BCUT2D eigenvalue weighted by Gasteiger charge is -2.02. The zero-order chi connectivity index (χ0) is 12.2. The SMILES string of the molecule is COC(=O)C#Cc1cnc(C(F)(F)F)nc1. The maximum atomic E-state index is 12.1. The summed E-state index contributed by atoms with van der Waals surface area (Å²) in [4.78, 5) is 16.7. The summed E-state index contributed by atoms with van der Waals surface area (Å²) in [5.41, 5.74) is 0.0957. The molecule has 0 aromatic carbocycles. The van der Waals surface area contributed by atoms with Crippen molar-refractivity contribution in [3.8, 4) is 11.8 Å². The van der Waals surface area contributed by atoms with Crippen molar-refractivity contribution in [2.24, 2.45) is 0 Å². The monoisotopic (exact) mass is 230 g/mol. The molecule has 1 rings (SSSR count). The van der Waals surface area contributed by atoms with Gasteiger partial charge in [-0.3, -0.25) is 0 Å². The zero-order valence-corrected chi connectivity index (χ0v) is 8.00. The summed E-state index contributed by atoms with van der Waals surface area (Å²) in [6.07, 6.45) is -2.83. The Kier molecular flexibility index (Phi) is 3.45. The molecule has 16 heavy (non-hydrogen) atoms. The lowest BCUT2D eigenvalue weighted by Crippen LogP contribution is -2.10. The molecular weight excluding hydrogens is 225 g/mol. The van der Waals surface area contributed by atoms with E-state index in [0.717, 1.165) is 19.5 Å². The number of esters is 1. The van der Waals surface area contributed by atoms with Crippen LogP contribution in [0.3, 0.4) is 0 Å². The maximum absolute atomic E-state index is 12.1. The predicted molar refractivity (Wildman–Crippen MR) is 45.9 cm³/mol. The van der Waals surface area contributed by atoms with E-state index >= 15 is 0 Å². The van der Waals surface area contributed by atoms with Crippen LogP contribution in [0.4, 0.5) is 13.2 Å². The first-order valence-corrected chi connectivity index (χ1v) is 3.92. The Balaban J connectivity index is 2.87. The molecule has 0 unspecified atom stereocenters. The molecule has 0 aliphatic carbocycles. The number of carbonyl (C=O) groups is 1. The van der Waals surface area contributed by atoms with Gasteiger partial charge in [0.2, 0.25) is 5.82 Å². The van der Waals surface area contributed by atoms with Gasteiger partial charge in [0.1, 0.15) is 0 Å². The molecule has 0 spiro atoms. The highest BCUT2D eigenvalue weighted by molar-refractivity contribution is 5.88. The molecule has 0 amide bonds. The fourth-order valence-electron chi connectivity index (χ4n) is 0.713. The summed E-state index contributed by atoms with van der Waals surface area (Å²) in [6.45, 7) is 0. The number of hydrogen-bond donors (Lipinski definition) is 0. The van der Waals surface area contributed by atoms with Crippen LogP contribution in [-0.4, -0.2) is 23.0 Å². The second-order valence-electron chi connectivity index (χ2n) is 2.53. The number of ether oxygens (including phenoxy) is 1. The Morgan fingerprint density at radius 1 is 1.38 bits per heavy atom. The van der Waals surface area contributed by atoms with Crippen molar-refractivity contribution in [2.75, 3.05) is 7.11 Å². The van der Waals surface area contributed by atoms with Gasteiger partial charge in [0, 0.05) is 18.3 Å². The molecule has 0 atom stereocenters. The second kappa shape index (κ2) is 4.61. The molecule has 84 valence electrons. The minimum atomic E-state index is -4.59. The minimum Gasteiger partial charge on any atom is -0.459 e. The van der Waals surface area contributed by atoms with Crippen LogP contribution in [0.15, 0.2) is 12.4 Å². The van der Waals surface area contributed by atoms with Gasteiger partial charge in [-0.2, -0.15) is 13.2 Å². The van der Waals surface area contributed by atoms with Gasteiger partial charge in [-0.15, -0.1) is 0 Å². The van der Waals surface area contributed by atoms with Crippen LogP contribution in [0.5, 0.6) is 0 Å². The summed E-state index contributed by atoms with van der Waals surface area (Å²) in [6, 6.07) is 0. The van der Waals surface area contributed by atoms with Gasteiger partial charge in [-0.25, -0.2) is 14.8 Å². The van der Waals surface area contributed by atoms with Crippen molar-refractivity contribution in [1.29, 1.82) is 0 Å². The first kappa shape index (κ1) is 12.0. The number of alkyl halides is 3. The molecule has 0 bridgehead atoms. The molecule has 1 heterocycles. The molecule has 0 saturated carbocycles. The molecule has 1 aromatic rings. The summed E-state index contributed by atoms with van der Waals surface area (Å²) >= 11 is 0. The Labute approximate surface area is 88.5 Å². The standard InChI is InChI=1S/C9H5F3N2O2/c1-16-7(15)3-2-6-4-13-8(14-5-6)9(10,11)12/h4-5H,1H3. The van der Waals surface area contributed by atoms with Crippen LogP contribution < -0.4 is 0 Å². The summed E-state index contributed by atoms with van der Waals surface area (Å²) in [7, 11) is 1.14. The van der Waals surface area contributed by atoms with E-state index in [4.69, 9.17) is 0 Å². The molecule has 0 radical (unpaired) electrons. The van der Waals surface area contributed by atoms with Crippen LogP contribution >= 0.6 is 0 Å². The Bertz CT molecular complexity index is 443. The van der Waals surface area contributed by atoms with E-state index in [1.54, 1.807) is 0 Å². The van der Waals surface area contributed by atoms with E-state index in [2.05, 4.69) is 20.6 Å². The van der Waals surface area contributed by atoms with Crippen LogP contribution in [-0.2, 0) is 15.7 Å². The number of aromatic nitrogens is 2. The zero-order valence-electron chi connectivity index (χ0n) is 8.00. The Hall–Kier alpha value is -2.10. The van der Waals surface area contributed by atoms with E-state index in [0.29, 0.717) is 0 Å². The van der Waals surface area contributed by atoms with Gasteiger partial charge in [0.25, 0.3) is 0 Å². The molecule has 0 N–H and O–H groups in total. The van der Waals surface area contributed by atoms with Gasteiger partial charge >= 0.3 is 12.1 Å². The third-order valence-electron chi connectivity index (χ3n) is 1.40. The number of carbonyl (C=O) groups excluding carboxylic acids is 1. The fourth-order valence-corrected chi connectivity index (χ4v) is 0.713. The third kappa shape index (κ3) is 3.24. The van der Waals surface area contributed by atoms with Gasteiger partial charge < -0.3 is 4.74 Å². The lowest BCUT2D eigenvalue weighted by atomic mass is 10.3.